The second-order valence-corrected chi connectivity index (χ2v) is 33.4. The van der Waals surface area contributed by atoms with Gasteiger partial charge in [0.2, 0.25) is 0 Å². The van der Waals surface area contributed by atoms with Crippen LogP contribution in [-0.4, -0.2) is 96.7 Å². The summed E-state index contributed by atoms with van der Waals surface area (Å²) < 4.78 is 68.6. The summed E-state index contributed by atoms with van der Waals surface area (Å²) in [7, 11) is -9.92. The van der Waals surface area contributed by atoms with Crippen LogP contribution in [0.2, 0.25) is 0 Å². The molecule has 4 unspecified atom stereocenters. The molecule has 0 fully saturated rings. The van der Waals surface area contributed by atoms with E-state index in [0.29, 0.717) is 31.6 Å². The van der Waals surface area contributed by atoms with Gasteiger partial charge in [0.05, 0.1) is 26.4 Å². The molecule has 0 saturated heterocycles. The average Bonchev–Trinajstić information content (AvgIpc) is 1.10. The largest absolute Gasteiger partial charge is 0.472 e. The lowest BCUT2D eigenvalue weighted by molar-refractivity contribution is -0.161. The van der Waals surface area contributed by atoms with E-state index in [4.69, 9.17) is 37.0 Å². The first-order valence-electron chi connectivity index (χ1n) is 41.2. The summed E-state index contributed by atoms with van der Waals surface area (Å²) in [5, 5.41) is 10.6. The normalized spacial score (nSPS) is 14.3. The molecule has 19 heteroatoms. The predicted molar refractivity (Wildman–Crippen MR) is 404 cm³/mol. The highest BCUT2D eigenvalue weighted by Gasteiger charge is 2.30. The Morgan fingerprint density at radius 1 is 0.283 bits per heavy atom. The highest BCUT2D eigenvalue weighted by molar-refractivity contribution is 7.47. The van der Waals surface area contributed by atoms with Crippen molar-refractivity contribution in [3.63, 3.8) is 0 Å². The third-order valence-electron chi connectivity index (χ3n) is 18.9. The van der Waals surface area contributed by atoms with Crippen molar-refractivity contribution in [1.82, 2.24) is 0 Å². The fourth-order valence-corrected chi connectivity index (χ4v) is 13.8. The summed E-state index contributed by atoms with van der Waals surface area (Å²) in [5.41, 5.74) is 0. The lowest BCUT2D eigenvalue weighted by Gasteiger charge is -2.21. The number of hydrogen-bond donors (Lipinski definition) is 3. The minimum atomic E-state index is -4.96. The van der Waals surface area contributed by atoms with Crippen molar-refractivity contribution in [3.8, 4) is 0 Å². The molecule has 0 aliphatic rings. The lowest BCUT2D eigenvalue weighted by Crippen LogP contribution is -2.30. The number of aliphatic hydroxyl groups is 1. The van der Waals surface area contributed by atoms with Crippen LogP contribution in [0, 0.1) is 23.7 Å². The van der Waals surface area contributed by atoms with E-state index in [1.807, 2.05) is 0 Å². The number of phosphoric ester groups is 2. The molecule has 0 saturated carbocycles. The van der Waals surface area contributed by atoms with E-state index in [1.165, 1.54) is 205 Å². The molecule has 6 atom stereocenters. The summed E-state index contributed by atoms with van der Waals surface area (Å²) >= 11 is 0. The number of phosphoric acid groups is 2. The molecule has 0 amide bonds. The van der Waals surface area contributed by atoms with Crippen LogP contribution in [0.25, 0.3) is 0 Å². The Kier molecular flexibility index (Phi) is 67.8. The third kappa shape index (κ3) is 72.8. The first-order chi connectivity index (χ1) is 47.6. The van der Waals surface area contributed by atoms with E-state index < -0.39 is 97.5 Å². The van der Waals surface area contributed by atoms with Gasteiger partial charge in [-0.3, -0.25) is 37.3 Å². The van der Waals surface area contributed by atoms with Gasteiger partial charge in [0, 0.05) is 25.7 Å². The Hall–Kier alpha value is -1.94. The van der Waals surface area contributed by atoms with Gasteiger partial charge in [-0.1, -0.05) is 357 Å². The quantitative estimate of drug-likeness (QED) is 0.0222. The second kappa shape index (κ2) is 69.1. The van der Waals surface area contributed by atoms with Crippen LogP contribution in [0.1, 0.15) is 409 Å². The molecule has 0 bridgehead atoms. The minimum absolute atomic E-state index is 0.105. The maximum absolute atomic E-state index is 13.1. The van der Waals surface area contributed by atoms with Crippen LogP contribution in [0.3, 0.4) is 0 Å². The Morgan fingerprint density at radius 2 is 0.485 bits per heavy atom. The fourth-order valence-electron chi connectivity index (χ4n) is 12.2. The molecule has 0 radical (unpaired) electrons. The number of unbranched alkanes of at least 4 members (excludes halogenated alkanes) is 42. The first-order valence-corrected chi connectivity index (χ1v) is 44.2. The molecule has 0 aliphatic carbocycles. The van der Waals surface area contributed by atoms with Crippen molar-refractivity contribution >= 4 is 39.5 Å². The maximum atomic E-state index is 13.1. The smallest absolute Gasteiger partial charge is 0.462 e. The Balaban J connectivity index is 5.21. The van der Waals surface area contributed by atoms with Gasteiger partial charge in [0.25, 0.3) is 0 Å². The summed E-state index contributed by atoms with van der Waals surface area (Å²) in [6.07, 6.45) is 55.6. The molecule has 0 aliphatic heterocycles. The summed E-state index contributed by atoms with van der Waals surface area (Å²) in [6, 6.07) is 0. The lowest BCUT2D eigenvalue weighted by atomic mass is 9.99. The molecule has 0 rings (SSSR count). The summed E-state index contributed by atoms with van der Waals surface area (Å²) in [5.74, 6) is 0.979. The summed E-state index contributed by atoms with van der Waals surface area (Å²) in [6.45, 7) is 14.2. The van der Waals surface area contributed by atoms with Crippen LogP contribution in [0.4, 0.5) is 0 Å². The van der Waals surface area contributed by atoms with Gasteiger partial charge >= 0.3 is 39.5 Å². The first kappa shape index (κ1) is 97.1. The number of aliphatic hydroxyl groups excluding tert-OH is 1. The van der Waals surface area contributed by atoms with Gasteiger partial charge in [-0.25, -0.2) is 9.13 Å². The van der Waals surface area contributed by atoms with Crippen molar-refractivity contribution in [1.29, 1.82) is 0 Å². The van der Waals surface area contributed by atoms with Gasteiger partial charge in [-0.2, -0.15) is 0 Å². The van der Waals surface area contributed by atoms with Gasteiger partial charge in [-0.05, 0) is 49.4 Å². The van der Waals surface area contributed by atoms with Crippen molar-refractivity contribution in [2.75, 3.05) is 39.6 Å². The summed E-state index contributed by atoms with van der Waals surface area (Å²) in [4.78, 5) is 72.9. The number of carbonyl (C=O) groups excluding carboxylic acids is 4. The monoisotopic (exact) mass is 1450 g/mol. The molecule has 588 valence electrons. The van der Waals surface area contributed by atoms with Gasteiger partial charge < -0.3 is 33.8 Å². The molecule has 0 aromatic heterocycles. The van der Waals surface area contributed by atoms with E-state index in [9.17, 15) is 43.2 Å². The predicted octanol–water partition coefficient (Wildman–Crippen LogP) is 23.6. The molecule has 17 nitrogen and oxygen atoms in total. The number of carbonyl (C=O) groups is 4. The fraction of sp³-hybridized carbons (Fsp3) is 0.950. The van der Waals surface area contributed by atoms with E-state index in [0.717, 1.165) is 114 Å². The molecular formula is C80H156O17P2. The zero-order valence-corrected chi connectivity index (χ0v) is 66.9. The van der Waals surface area contributed by atoms with Crippen molar-refractivity contribution < 1.29 is 80.2 Å². The van der Waals surface area contributed by atoms with Crippen LogP contribution >= 0.6 is 15.6 Å². The molecule has 0 heterocycles. The van der Waals surface area contributed by atoms with Crippen molar-refractivity contribution in [2.45, 2.75) is 427 Å². The van der Waals surface area contributed by atoms with Crippen molar-refractivity contribution in [3.05, 3.63) is 0 Å². The zero-order chi connectivity index (χ0) is 73.1. The van der Waals surface area contributed by atoms with Crippen molar-refractivity contribution in [2.24, 2.45) is 23.7 Å². The van der Waals surface area contributed by atoms with E-state index in [1.54, 1.807) is 0 Å². The second-order valence-electron chi connectivity index (χ2n) is 30.5. The molecule has 0 aromatic rings. The van der Waals surface area contributed by atoms with Crippen LogP contribution in [0.5, 0.6) is 0 Å². The van der Waals surface area contributed by atoms with Gasteiger partial charge in [-0.15, -0.1) is 0 Å². The van der Waals surface area contributed by atoms with Gasteiger partial charge in [0.15, 0.2) is 12.2 Å². The number of rotatable bonds is 77. The average molecular weight is 1450 g/mol. The maximum Gasteiger partial charge on any atom is 0.472 e. The molecule has 0 spiro atoms. The van der Waals surface area contributed by atoms with E-state index in [2.05, 4.69) is 55.4 Å². The Labute approximate surface area is 607 Å². The Bertz CT molecular complexity index is 1940. The topological polar surface area (TPSA) is 237 Å². The Morgan fingerprint density at radius 3 is 0.717 bits per heavy atom. The molecule has 0 aromatic carbocycles. The zero-order valence-electron chi connectivity index (χ0n) is 65.1. The van der Waals surface area contributed by atoms with Crippen LogP contribution < -0.4 is 0 Å². The molecular weight excluding hydrogens is 1290 g/mol. The molecule has 99 heavy (non-hydrogen) atoms. The van der Waals surface area contributed by atoms with E-state index in [-0.39, 0.29) is 25.7 Å². The number of ether oxygens (including phenoxy) is 4. The minimum Gasteiger partial charge on any atom is -0.462 e. The highest BCUT2D eigenvalue weighted by atomic mass is 31.2. The standard InChI is InChI=1S/C80H156O17P2/c1-9-73(8)59-51-43-35-27-23-24-30-38-47-55-63-80(85)97-76(67-91-78(83)61-53-45-39-31-34-42-50-58-72(6)7)69-95-99(88,89)93-65-74(81)64-92-98(86,87)94-68-75(96-79(84)62-54-46-37-29-22-18-20-26-33-41-49-57-71(4)5)66-90-77(82)60-52-44-36-28-21-17-15-13-11-10-12-14-16-19-25-32-40-48-56-70(2)3/h70-76,81H,9-69H2,1-8H3,(H,86,87)(H,88,89)/t73?,74?,75-,76-/m1/s1. The van der Waals surface area contributed by atoms with Crippen LogP contribution in [-0.2, 0) is 65.4 Å². The highest BCUT2D eigenvalue weighted by Crippen LogP contribution is 2.45. The SMILES string of the molecule is CCC(C)CCCCCCCCCCCCC(=O)O[C@H](COC(=O)CCCCCCCCCC(C)C)COP(=O)(O)OCC(O)COP(=O)(O)OC[C@@H](COC(=O)CCCCCCCCCCCCCCCCCCCCC(C)C)OC(=O)CCCCCCCCCCCCCC(C)C. The number of esters is 4. The number of hydrogen-bond acceptors (Lipinski definition) is 15. The van der Waals surface area contributed by atoms with Gasteiger partial charge in [0.1, 0.15) is 19.3 Å². The molecule has 3 N–H and O–H groups in total. The van der Waals surface area contributed by atoms with E-state index >= 15 is 0 Å². The van der Waals surface area contributed by atoms with Crippen LogP contribution in [0.15, 0.2) is 0 Å². The third-order valence-corrected chi connectivity index (χ3v) is 20.8.